The van der Waals surface area contributed by atoms with Gasteiger partial charge in [-0.2, -0.15) is 0 Å². The lowest BCUT2D eigenvalue weighted by Crippen LogP contribution is -2.14. The van der Waals surface area contributed by atoms with Crippen LogP contribution in [-0.4, -0.2) is 11.9 Å². The van der Waals surface area contributed by atoms with Crippen LogP contribution in [0.1, 0.15) is 12.8 Å². The lowest BCUT2D eigenvalue weighted by atomic mass is 10.3. The Morgan fingerprint density at radius 3 is 2.00 bits per heavy atom. The highest BCUT2D eigenvalue weighted by Crippen LogP contribution is 2.32. The van der Waals surface area contributed by atoms with Crippen LogP contribution in [0, 0.1) is 0 Å². The predicted molar refractivity (Wildman–Crippen MR) is 88.4 cm³/mol. The van der Waals surface area contributed by atoms with Crippen molar-refractivity contribution in [1.82, 2.24) is 0 Å². The Morgan fingerprint density at radius 2 is 1.39 bits per heavy atom. The fourth-order valence-corrected chi connectivity index (χ4v) is 2.32. The molecule has 4 nitrogen and oxygen atoms in total. The van der Waals surface area contributed by atoms with Crippen molar-refractivity contribution in [2.45, 2.75) is 12.8 Å². The van der Waals surface area contributed by atoms with Gasteiger partial charge in [-0.1, -0.05) is 46.9 Å². The van der Waals surface area contributed by atoms with E-state index in [4.69, 9.17) is 44.3 Å². The monoisotopic (exact) mass is 372 g/mol. The molecular formula is C16H11Cl3O4. The number of rotatable bonds is 5. The Kier molecular flexibility index (Phi) is 6.28. The fraction of sp³-hybridized carbons (Fsp3) is 0.125. The largest absolute Gasteiger partial charge is 0.426 e. The van der Waals surface area contributed by atoms with E-state index >= 15 is 0 Å². The lowest BCUT2D eigenvalue weighted by molar-refractivity contribution is -0.140. The molecule has 0 atom stereocenters. The van der Waals surface area contributed by atoms with Crippen LogP contribution in [0.3, 0.4) is 0 Å². The number of para-hydroxylation sites is 1. The second kappa shape index (κ2) is 8.20. The van der Waals surface area contributed by atoms with Gasteiger partial charge in [0.1, 0.15) is 5.75 Å². The zero-order valence-corrected chi connectivity index (χ0v) is 14.0. The number of carbonyl (C=O) groups excluding carboxylic acids is 2. The van der Waals surface area contributed by atoms with Crippen molar-refractivity contribution in [2.75, 3.05) is 0 Å². The third-order valence-electron chi connectivity index (χ3n) is 2.70. The maximum atomic E-state index is 11.8. The minimum atomic E-state index is -0.636. The number of carbonyl (C=O) groups is 2. The van der Waals surface area contributed by atoms with Crippen molar-refractivity contribution in [3.05, 3.63) is 57.5 Å². The van der Waals surface area contributed by atoms with E-state index in [1.165, 1.54) is 6.07 Å². The van der Waals surface area contributed by atoms with E-state index in [0.717, 1.165) is 0 Å². The van der Waals surface area contributed by atoms with Crippen LogP contribution in [-0.2, 0) is 9.59 Å². The van der Waals surface area contributed by atoms with Gasteiger partial charge in [0.25, 0.3) is 0 Å². The Balaban J connectivity index is 1.85. The molecule has 2 aromatic rings. The fourth-order valence-electron chi connectivity index (χ4n) is 1.66. The van der Waals surface area contributed by atoms with Crippen molar-refractivity contribution in [2.24, 2.45) is 0 Å². The Morgan fingerprint density at radius 1 is 0.826 bits per heavy atom. The summed E-state index contributed by atoms with van der Waals surface area (Å²) in [4.78, 5) is 23.4. The maximum absolute atomic E-state index is 11.8. The van der Waals surface area contributed by atoms with Crippen LogP contribution < -0.4 is 9.47 Å². The van der Waals surface area contributed by atoms with E-state index in [-0.39, 0.29) is 28.6 Å². The normalized spacial score (nSPS) is 10.2. The number of hydrogen-bond donors (Lipinski definition) is 0. The molecular weight excluding hydrogens is 363 g/mol. The summed E-state index contributed by atoms with van der Waals surface area (Å²) in [6.45, 7) is 0. The summed E-state index contributed by atoms with van der Waals surface area (Å²) in [6, 6.07) is 11.1. The number of benzene rings is 2. The number of halogens is 3. The minimum absolute atomic E-state index is 0.0732. The molecule has 0 radical (unpaired) electrons. The first-order chi connectivity index (χ1) is 11.0. The van der Waals surface area contributed by atoms with E-state index in [2.05, 4.69) is 0 Å². The second-order valence-electron chi connectivity index (χ2n) is 4.46. The zero-order valence-electron chi connectivity index (χ0n) is 11.7. The first kappa shape index (κ1) is 17.6. The molecule has 0 bridgehead atoms. The summed E-state index contributed by atoms with van der Waals surface area (Å²) in [6.07, 6.45) is -0.311. The van der Waals surface area contributed by atoms with Gasteiger partial charge < -0.3 is 9.47 Å². The third-order valence-corrected chi connectivity index (χ3v) is 3.53. The van der Waals surface area contributed by atoms with Gasteiger partial charge in [0, 0.05) is 5.02 Å². The molecule has 2 aromatic carbocycles. The average Bonchev–Trinajstić information content (AvgIpc) is 2.49. The molecule has 0 saturated heterocycles. The van der Waals surface area contributed by atoms with Gasteiger partial charge in [-0.05, 0) is 30.3 Å². The van der Waals surface area contributed by atoms with Gasteiger partial charge in [-0.3, -0.25) is 9.59 Å². The van der Waals surface area contributed by atoms with E-state index in [0.29, 0.717) is 10.8 Å². The SMILES string of the molecule is O=C(CCC(=O)Oc1c(Cl)cccc1Cl)Oc1cccc(Cl)c1. The number of esters is 2. The van der Waals surface area contributed by atoms with E-state index in [9.17, 15) is 9.59 Å². The van der Waals surface area contributed by atoms with Crippen molar-refractivity contribution in [1.29, 1.82) is 0 Å². The Labute approximate surface area is 147 Å². The summed E-state index contributed by atoms with van der Waals surface area (Å²) in [5.74, 6) is -0.827. The first-order valence-electron chi connectivity index (χ1n) is 6.56. The van der Waals surface area contributed by atoms with Gasteiger partial charge in [0.15, 0.2) is 5.75 Å². The minimum Gasteiger partial charge on any atom is -0.426 e. The molecule has 0 aliphatic carbocycles. The molecule has 0 aromatic heterocycles. The van der Waals surface area contributed by atoms with Gasteiger partial charge in [0.05, 0.1) is 22.9 Å². The summed E-state index contributed by atoms with van der Waals surface area (Å²) in [5, 5.41) is 0.878. The van der Waals surface area contributed by atoms with Crippen molar-refractivity contribution in [3.63, 3.8) is 0 Å². The predicted octanol–water partition coefficient (Wildman–Crippen LogP) is 4.94. The zero-order chi connectivity index (χ0) is 16.8. The van der Waals surface area contributed by atoms with Crippen molar-refractivity contribution >= 4 is 46.7 Å². The average molecular weight is 374 g/mol. The molecule has 2 rings (SSSR count). The highest BCUT2D eigenvalue weighted by Gasteiger charge is 2.14. The quantitative estimate of drug-likeness (QED) is 0.550. The molecule has 0 N–H and O–H groups in total. The molecule has 7 heteroatoms. The van der Waals surface area contributed by atoms with Crippen LogP contribution in [0.4, 0.5) is 0 Å². The van der Waals surface area contributed by atoms with Gasteiger partial charge in [0.2, 0.25) is 0 Å². The molecule has 23 heavy (non-hydrogen) atoms. The summed E-state index contributed by atoms with van der Waals surface area (Å²) in [5.41, 5.74) is 0. The molecule has 0 saturated carbocycles. The molecule has 0 fully saturated rings. The van der Waals surface area contributed by atoms with Crippen LogP contribution >= 0.6 is 34.8 Å². The smallest absolute Gasteiger partial charge is 0.311 e. The van der Waals surface area contributed by atoms with E-state index < -0.39 is 11.9 Å². The Bertz CT molecular complexity index is 711. The standard InChI is InChI=1S/C16H11Cl3O4/c17-10-3-1-4-11(9-10)22-14(20)7-8-15(21)23-16-12(18)5-2-6-13(16)19/h1-6,9H,7-8H2. The molecule has 0 aliphatic heterocycles. The first-order valence-corrected chi connectivity index (χ1v) is 7.70. The molecule has 0 aliphatic rings. The molecule has 0 unspecified atom stereocenters. The van der Waals surface area contributed by atoms with Crippen molar-refractivity contribution in [3.8, 4) is 11.5 Å². The highest BCUT2D eigenvalue weighted by atomic mass is 35.5. The summed E-state index contributed by atoms with van der Waals surface area (Å²) >= 11 is 17.6. The highest BCUT2D eigenvalue weighted by molar-refractivity contribution is 6.37. The molecule has 0 spiro atoms. The lowest BCUT2D eigenvalue weighted by Gasteiger charge is -2.08. The van der Waals surface area contributed by atoms with Gasteiger partial charge in [-0.15, -0.1) is 0 Å². The van der Waals surface area contributed by atoms with Crippen LogP contribution in [0.25, 0.3) is 0 Å². The van der Waals surface area contributed by atoms with Crippen LogP contribution in [0.2, 0.25) is 15.1 Å². The van der Waals surface area contributed by atoms with Gasteiger partial charge >= 0.3 is 11.9 Å². The maximum Gasteiger partial charge on any atom is 0.311 e. The summed E-state index contributed by atoms with van der Waals surface area (Å²) in [7, 11) is 0. The molecule has 0 amide bonds. The van der Waals surface area contributed by atoms with Crippen molar-refractivity contribution < 1.29 is 19.1 Å². The number of hydrogen-bond acceptors (Lipinski definition) is 4. The topological polar surface area (TPSA) is 52.6 Å². The summed E-state index contributed by atoms with van der Waals surface area (Å²) < 4.78 is 10.1. The van der Waals surface area contributed by atoms with Crippen LogP contribution in [0.5, 0.6) is 11.5 Å². The van der Waals surface area contributed by atoms with Crippen LogP contribution in [0.15, 0.2) is 42.5 Å². The Hall–Kier alpha value is -1.75. The van der Waals surface area contributed by atoms with E-state index in [1.807, 2.05) is 0 Å². The molecule has 120 valence electrons. The third kappa shape index (κ3) is 5.43. The number of ether oxygens (including phenoxy) is 2. The van der Waals surface area contributed by atoms with Gasteiger partial charge in [-0.25, -0.2) is 0 Å². The van der Waals surface area contributed by atoms with E-state index in [1.54, 1.807) is 36.4 Å². The molecule has 0 heterocycles. The second-order valence-corrected chi connectivity index (χ2v) is 5.71.